The van der Waals surface area contributed by atoms with Crippen molar-refractivity contribution in [3.63, 3.8) is 0 Å². The second-order valence-corrected chi connectivity index (χ2v) is 8.90. The van der Waals surface area contributed by atoms with Crippen LogP contribution in [0.5, 0.6) is 0 Å². The molecule has 0 saturated heterocycles. The predicted molar refractivity (Wildman–Crippen MR) is 107 cm³/mol. The monoisotopic (exact) mass is 412 g/mol. The topological polar surface area (TPSA) is 67.4 Å². The van der Waals surface area contributed by atoms with Gasteiger partial charge in [0.2, 0.25) is 0 Å². The number of aryl methyl sites for hydroxylation is 1. The molecular weight excluding hydrogens is 392 g/mol. The van der Waals surface area contributed by atoms with E-state index < -0.39 is 0 Å². The van der Waals surface area contributed by atoms with E-state index in [-0.39, 0.29) is 11.8 Å². The number of amides is 2. The highest BCUT2D eigenvalue weighted by atomic mass is 35.5. The van der Waals surface area contributed by atoms with Gasteiger partial charge in [-0.1, -0.05) is 11.6 Å². The van der Waals surface area contributed by atoms with Crippen LogP contribution >= 0.6 is 34.3 Å². The summed E-state index contributed by atoms with van der Waals surface area (Å²) in [7, 11) is 1.64. The first-order valence-electron chi connectivity index (χ1n) is 8.58. The van der Waals surface area contributed by atoms with Gasteiger partial charge in [0.05, 0.1) is 14.8 Å². The van der Waals surface area contributed by atoms with Gasteiger partial charge in [-0.25, -0.2) is 0 Å². The first-order valence-corrected chi connectivity index (χ1v) is 10.6. The molecule has 2 heterocycles. The van der Waals surface area contributed by atoms with Crippen molar-refractivity contribution in [2.24, 2.45) is 0 Å². The van der Waals surface area contributed by atoms with Gasteiger partial charge in [0, 0.05) is 25.1 Å². The predicted octanol–water partition coefficient (Wildman–Crippen LogP) is 4.36. The van der Waals surface area contributed by atoms with Crippen LogP contribution in [-0.4, -0.2) is 32.1 Å². The van der Waals surface area contributed by atoms with Crippen molar-refractivity contribution in [3.8, 4) is 0 Å². The molecule has 0 atom stereocenters. The molecule has 0 saturated carbocycles. The maximum absolute atomic E-state index is 12.8. The molecule has 2 amide bonds. The number of fused-ring (bicyclic) bond motifs is 1. The van der Waals surface area contributed by atoms with E-state index in [4.69, 9.17) is 16.3 Å². The Morgan fingerprint density at radius 1 is 1.19 bits per heavy atom. The molecule has 1 aliphatic carbocycles. The summed E-state index contributed by atoms with van der Waals surface area (Å²) in [6.07, 6.45) is 4.79. The molecule has 0 fully saturated rings. The molecule has 0 radical (unpaired) electrons. The lowest BCUT2D eigenvalue weighted by molar-refractivity contribution is 0.0948. The van der Waals surface area contributed by atoms with Crippen molar-refractivity contribution >= 4 is 51.1 Å². The molecule has 0 spiro atoms. The van der Waals surface area contributed by atoms with Crippen LogP contribution in [0.1, 0.15) is 49.7 Å². The number of carbonyl (C=O) groups excluding carboxylic acids is 2. The Hall–Kier alpha value is -1.41. The fourth-order valence-electron chi connectivity index (χ4n) is 3.00. The van der Waals surface area contributed by atoms with Gasteiger partial charge in [-0.2, -0.15) is 0 Å². The molecular formula is C18H21ClN2O3S2. The van der Waals surface area contributed by atoms with Crippen LogP contribution in [0.15, 0.2) is 12.1 Å². The summed E-state index contributed by atoms with van der Waals surface area (Å²) in [6.45, 7) is 1.15. The summed E-state index contributed by atoms with van der Waals surface area (Å²) in [6, 6.07) is 3.39. The molecule has 140 valence electrons. The molecule has 0 bridgehead atoms. The zero-order valence-electron chi connectivity index (χ0n) is 14.5. The molecule has 0 unspecified atom stereocenters. The summed E-state index contributed by atoms with van der Waals surface area (Å²) < 4.78 is 5.58. The van der Waals surface area contributed by atoms with Crippen LogP contribution in [0.2, 0.25) is 4.34 Å². The summed E-state index contributed by atoms with van der Waals surface area (Å²) in [4.78, 5) is 27.0. The van der Waals surface area contributed by atoms with Gasteiger partial charge >= 0.3 is 0 Å². The molecule has 2 N–H and O–H groups in total. The second kappa shape index (κ2) is 8.99. The summed E-state index contributed by atoms with van der Waals surface area (Å²) in [5.74, 6) is -0.353. The highest BCUT2D eigenvalue weighted by Crippen LogP contribution is 2.38. The number of ether oxygens (including phenoxy) is 1. The van der Waals surface area contributed by atoms with Crippen LogP contribution in [0.4, 0.5) is 5.00 Å². The van der Waals surface area contributed by atoms with Crippen LogP contribution in [-0.2, 0) is 17.6 Å². The zero-order chi connectivity index (χ0) is 18.5. The quantitative estimate of drug-likeness (QED) is 0.664. The highest BCUT2D eigenvalue weighted by Gasteiger charge is 2.26. The van der Waals surface area contributed by atoms with Crippen LogP contribution in [0, 0.1) is 0 Å². The standard InChI is InChI=1S/C18H21ClN2O3S2/c1-24-10-4-9-20-17(23)15-11-5-2-3-6-12(11)26-18(15)21-16(22)13-7-8-14(19)25-13/h7-8H,2-6,9-10H2,1H3,(H,20,23)(H,21,22). The number of rotatable bonds is 7. The molecule has 3 rings (SSSR count). The maximum Gasteiger partial charge on any atom is 0.266 e. The minimum atomic E-state index is -0.228. The van der Waals surface area contributed by atoms with E-state index in [1.54, 1.807) is 19.2 Å². The SMILES string of the molecule is COCCCNC(=O)c1c(NC(=O)c2ccc(Cl)s2)sc2c1CCCC2. The van der Waals surface area contributed by atoms with E-state index in [1.165, 1.54) is 27.6 Å². The van der Waals surface area contributed by atoms with Gasteiger partial charge in [-0.05, 0) is 49.8 Å². The third-order valence-electron chi connectivity index (χ3n) is 4.23. The van der Waals surface area contributed by atoms with Crippen molar-refractivity contribution in [2.45, 2.75) is 32.1 Å². The van der Waals surface area contributed by atoms with Crippen LogP contribution < -0.4 is 10.6 Å². The summed E-state index contributed by atoms with van der Waals surface area (Å²) >= 11 is 8.67. The van der Waals surface area contributed by atoms with E-state index in [0.29, 0.717) is 32.9 Å². The number of anilines is 1. The Bertz CT molecular complexity index is 800. The smallest absolute Gasteiger partial charge is 0.266 e. The number of hydrogen-bond acceptors (Lipinski definition) is 5. The van der Waals surface area contributed by atoms with E-state index in [1.807, 2.05) is 0 Å². The first kappa shape index (κ1) is 19.4. The van der Waals surface area contributed by atoms with Crippen molar-refractivity contribution < 1.29 is 14.3 Å². The average molecular weight is 413 g/mol. The van der Waals surface area contributed by atoms with Gasteiger partial charge in [-0.15, -0.1) is 22.7 Å². The number of hydrogen-bond donors (Lipinski definition) is 2. The number of halogens is 1. The van der Waals surface area contributed by atoms with Crippen molar-refractivity contribution in [3.05, 3.63) is 37.4 Å². The van der Waals surface area contributed by atoms with Gasteiger partial charge in [0.1, 0.15) is 5.00 Å². The van der Waals surface area contributed by atoms with Crippen molar-refractivity contribution in [2.75, 3.05) is 25.6 Å². The molecule has 26 heavy (non-hydrogen) atoms. The van der Waals surface area contributed by atoms with Gasteiger partial charge in [0.25, 0.3) is 11.8 Å². The maximum atomic E-state index is 12.8. The Balaban J connectivity index is 1.81. The molecule has 5 nitrogen and oxygen atoms in total. The summed E-state index contributed by atoms with van der Waals surface area (Å²) in [5, 5.41) is 6.51. The first-order chi connectivity index (χ1) is 12.6. The van der Waals surface area contributed by atoms with Crippen molar-refractivity contribution in [1.29, 1.82) is 0 Å². The van der Waals surface area contributed by atoms with E-state index in [2.05, 4.69) is 10.6 Å². The van der Waals surface area contributed by atoms with Gasteiger partial charge in [0.15, 0.2) is 0 Å². The number of nitrogens with one attached hydrogen (secondary N) is 2. The minimum absolute atomic E-state index is 0.125. The Labute approximate surface area is 165 Å². The second-order valence-electron chi connectivity index (χ2n) is 6.08. The fraction of sp³-hybridized carbons (Fsp3) is 0.444. The van der Waals surface area contributed by atoms with Crippen LogP contribution in [0.25, 0.3) is 0 Å². The van der Waals surface area contributed by atoms with E-state index >= 15 is 0 Å². The third-order valence-corrected chi connectivity index (χ3v) is 6.67. The van der Waals surface area contributed by atoms with Crippen LogP contribution in [0.3, 0.4) is 0 Å². The fourth-order valence-corrected chi connectivity index (χ4v) is 5.22. The lowest BCUT2D eigenvalue weighted by Gasteiger charge is -2.13. The Morgan fingerprint density at radius 2 is 2.00 bits per heavy atom. The zero-order valence-corrected chi connectivity index (χ0v) is 16.9. The van der Waals surface area contributed by atoms with E-state index in [0.717, 1.165) is 37.7 Å². The molecule has 0 aromatic carbocycles. The third kappa shape index (κ3) is 4.46. The summed E-state index contributed by atoms with van der Waals surface area (Å²) in [5.41, 5.74) is 1.71. The minimum Gasteiger partial charge on any atom is -0.385 e. The molecule has 0 aliphatic heterocycles. The molecule has 2 aromatic heterocycles. The average Bonchev–Trinajstić information content (AvgIpc) is 3.21. The lowest BCUT2D eigenvalue weighted by Crippen LogP contribution is -2.27. The Morgan fingerprint density at radius 3 is 2.73 bits per heavy atom. The van der Waals surface area contributed by atoms with E-state index in [9.17, 15) is 9.59 Å². The Kier molecular flexibility index (Phi) is 6.69. The largest absolute Gasteiger partial charge is 0.385 e. The number of methoxy groups -OCH3 is 1. The van der Waals surface area contributed by atoms with Gasteiger partial charge < -0.3 is 15.4 Å². The number of thiophene rings is 2. The molecule has 1 aliphatic rings. The molecule has 2 aromatic rings. The highest BCUT2D eigenvalue weighted by molar-refractivity contribution is 7.18. The normalized spacial score (nSPS) is 13.3. The number of carbonyl (C=O) groups is 2. The van der Waals surface area contributed by atoms with Gasteiger partial charge in [-0.3, -0.25) is 9.59 Å². The molecule has 8 heteroatoms. The van der Waals surface area contributed by atoms with Crippen molar-refractivity contribution in [1.82, 2.24) is 5.32 Å². The lowest BCUT2D eigenvalue weighted by atomic mass is 9.95.